The number of ether oxygens (including phenoxy) is 1. The lowest BCUT2D eigenvalue weighted by atomic mass is 10.2. The molecule has 0 aromatic heterocycles. The molecule has 1 amide bonds. The molecule has 1 N–H and O–H groups in total. The number of piperazine rings is 1. The van der Waals surface area contributed by atoms with Crippen molar-refractivity contribution in [3.8, 4) is 11.5 Å². The van der Waals surface area contributed by atoms with Crippen molar-refractivity contribution < 1.29 is 23.1 Å². The van der Waals surface area contributed by atoms with Gasteiger partial charge in [-0.25, -0.2) is 8.42 Å². The highest BCUT2D eigenvalue weighted by atomic mass is 35.5. The number of hydrogen-bond acceptors (Lipinski definition) is 5. The number of carbonyl (C=O) groups excluding carboxylic acids is 1. The molecule has 2 aromatic rings. The number of phenols is 1. The van der Waals surface area contributed by atoms with E-state index < -0.39 is 10.0 Å². The minimum absolute atomic E-state index is 0.0222. The zero-order chi connectivity index (χ0) is 21.0. The molecule has 1 aliphatic rings. The monoisotopic (exact) mass is 436 g/mol. The van der Waals surface area contributed by atoms with Gasteiger partial charge in [-0.2, -0.15) is 4.31 Å². The van der Waals surface area contributed by atoms with Gasteiger partial charge >= 0.3 is 0 Å². The van der Waals surface area contributed by atoms with Gasteiger partial charge in [0.1, 0.15) is 0 Å². The molecule has 0 saturated carbocycles. The van der Waals surface area contributed by atoms with Gasteiger partial charge in [0.15, 0.2) is 11.5 Å². The van der Waals surface area contributed by atoms with E-state index in [2.05, 4.69) is 0 Å². The summed E-state index contributed by atoms with van der Waals surface area (Å²) in [6, 6.07) is 10.8. The van der Waals surface area contributed by atoms with E-state index in [4.69, 9.17) is 16.3 Å². The third-order valence-corrected chi connectivity index (χ3v) is 6.79. The summed E-state index contributed by atoms with van der Waals surface area (Å²) < 4.78 is 31.8. The van der Waals surface area contributed by atoms with Gasteiger partial charge in [0.25, 0.3) is 0 Å². The molecule has 0 unspecified atom stereocenters. The largest absolute Gasteiger partial charge is 0.504 e. The molecule has 154 valence electrons. The molecule has 2 aromatic carbocycles. The first-order valence-electron chi connectivity index (χ1n) is 8.91. The van der Waals surface area contributed by atoms with Gasteiger partial charge in [-0.1, -0.05) is 17.7 Å². The maximum atomic E-state index is 12.7. The first-order chi connectivity index (χ1) is 13.8. The number of halogens is 1. The zero-order valence-electron chi connectivity index (χ0n) is 15.8. The standard InChI is InChI=1S/C20H21ClN2O5S/c1-28-19-14-15(2-8-18(19)24)3-9-20(25)22-10-12-23(13-11-22)29(26,27)17-6-4-16(21)5-7-17/h2-9,14,24H,10-13H2,1H3/b9-3+. The summed E-state index contributed by atoms with van der Waals surface area (Å²) in [7, 11) is -2.16. The van der Waals surface area contributed by atoms with Crippen molar-refractivity contribution in [1.29, 1.82) is 0 Å². The molecule has 1 heterocycles. The van der Waals surface area contributed by atoms with Crippen LogP contribution in [-0.2, 0) is 14.8 Å². The fraction of sp³-hybridized carbons (Fsp3) is 0.250. The number of amides is 1. The van der Waals surface area contributed by atoms with Crippen molar-refractivity contribution in [2.24, 2.45) is 0 Å². The van der Waals surface area contributed by atoms with Crippen molar-refractivity contribution >= 4 is 33.6 Å². The molecular formula is C20H21ClN2O5S. The van der Waals surface area contributed by atoms with Crippen LogP contribution in [0.15, 0.2) is 53.4 Å². The number of benzene rings is 2. The van der Waals surface area contributed by atoms with Gasteiger partial charge in [-0.05, 0) is 48.0 Å². The summed E-state index contributed by atoms with van der Waals surface area (Å²) in [6.07, 6.45) is 3.05. The average Bonchev–Trinajstić information content (AvgIpc) is 2.73. The second-order valence-corrected chi connectivity index (χ2v) is 8.82. The van der Waals surface area contributed by atoms with E-state index >= 15 is 0 Å². The van der Waals surface area contributed by atoms with Crippen LogP contribution >= 0.6 is 11.6 Å². The van der Waals surface area contributed by atoms with Crippen LogP contribution in [0.25, 0.3) is 6.08 Å². The second kappa shape index (κ2) is 8.86. The van der Waals surface area contributed by atoms with E-state index in [0.717, 1.165) is 0 Å². The maximum Gasteiger partial charge on any atom is 0.246 e. The van der Waals surface area contributed by atoms with Gasteiger partial charge in [-0.15, -0.1) is 0 Å². The Kier molecular flexibility index (Phi) is 6.46. The number of methoxy groups -OCH3 is 1. The van der Waals surface area contributed by atoms with Gasteiger partial charge < -0.3 is 14.7 Å². The molecular weight excluding hydrogens is 416 g/mol. The molecule has 1 aliphatic heterocycles. The van der Waals surface area contributed by atoms with Crippen LogP contribution in [0.4, 0.5) is 0 Å². The van der Waals surface area contributed by atoms with Gasteiger partial charge in [0.05, 0.1) is 12.0 Å². The molecule has 29 heavy (non-hydrogen) atoms. The smallest absolute Gasteiger partial charge is 0.246 e. The highest BCUT2D eigenvalue weighted by molar-refractivity contribution is 7.89. The van der Waals surface area contributed by atoms with Gasteiger partial charge in [0.2, 0.25) is 15.9 Å². The molecule has 1 fully saturated rings. The summed E-state index contributed by atoms with van der Waals surface area (Å²) in [5, 5.41) is 10.1. The SMILES string of the molecule is COc1cc(/C=C/C(=O)N2CCN(S(=O)(=O)c3ccc(Cl)cc3)CC2)ccc1O. The van der Waals surface area contributed by atoms with Crippen molar-refractivity contribution in [3.05, 3.63) is 59.1 Å². The Morgan fingerprint density at radius 1 is 1.10 bits per heavy atom. The Bertz CT molecular complexity index is 1010. The van der Waals surface area contributed by atoms with E-state index in [1.165, 1.54) is 47.8 Å². The minimum Gasteiger partial charge on any atom is -0.504 e. The molecule has 0 bridgehead atoms. The fourth-order valence-electron chi connectivity index (χ4n) is 2.98. The third kappa shape index (κ3) is 4.90. The molecule has 0 spiro atoms. The summed E-state index contributed by atoms with van der Waals surface area (Å²) in [5.41, 5.74) is 0.706. The number of hydrogen-bond donors (Lipinski definition) is 1. The highest BCUT2D eigenvalue weighted by Gasteiger charge is 2.29. The molecule has 3 rings (SSSR count). The van der Waals surface area contributed by atoms with E-state index in [-0.39, 0.29) is 29.6 Å². The van der Waals surface area contributed by atoms with Crippen LogP contribution in [0.1, 0.15) is 5.56 Å². The predicted molar refractivity (Wildman–Crippen MR) is 110 cm³/mol. The Balaban J connectivity index is 1.61. The number of nitrogens with zero attached hydrogens (tertiary/aromatic N) is 2. The Hall–Kier alpha value is -2.55. The third-order valence-electron chi connectivity index (χ3n) is 4.62. The van der Waals surface area contributed by atoms with E-state index in [1.807, 2.05) is 0 Å². The lowest BCUT2D eigenvalue weighted by Gasteiger charge is -2.33. The summed E-state index contributed by atoms with van der Waals surface area (Å²) in [5.74, 6) is 0.134. The Morgan fingerprint density at radius 2 is 1.76 bits per heavy atom. The zero-order valence-corrected chi connectivity index (χ0v) is 17.4. The summed E-state index contributed by atoms with van der Waals surface area (Å²) in [6.45, 7) is 1.04. The van der Waals surface area contributed by atoms with Crippen molar-refractivity contribution in [3.63, 3.8) is 0 Å². The topological polar surface area (TPSA) is 87.2 Å². The Morgan fingerprint density at radius 3 is 2.38 bits per heavy atom. The predicted octanol–water partition coefficient (Wildman–Crippen LogP) is 2.60. The molecule has 9 heteroatoms. The number of aromatic hydroxyl groups is 1. The number of carbonyl (C=O) groups is 1. The molecule has 7 nitrogen and oxygen atoms in total. The van der Waals surface area contributed by atoms with Crippen LogP contribution < -0.4 is 4.74 Å². The number of phenolic OH excluding ortho intramolecular Hbond substituents is 1. The van der Waals surface area contributed by atoms with Crippen LogP contribution in [0.2, 0.25) is 5.02 Å². The van der Waals surface area contributed by atoms with Crippen molar-refractivity contribution in [2.75, 3.05) is 33.3 Å². The van der Waals surface area contributed by atoms with Gasteiger partial charge in [0, 0.05) is 37.3 Å². The summed E-state index contributed by atoms with van der Waals surface area (Å²) in [4.78, 5) is 14.2. The molecule has 0 radical (unpaired) electrons. The quantitative estimate of drug-likeness (QED) is 0.728. The van der Waals surface area contributed by atoms with E-state index in [1.54, 1.807) is 23.1 Å². The van der Waals surface area contributed by atoms with Gasteiger partial charge in [-0.3, -0.25) is 4.79 Å². The fourth-order valence-corrected chi connectivity index (χ4v) is 4.52. The Labute approximate surface area is 174 Å². The second-order valence-electron chi connectivity index (χ2n) is 6.45. The van der Waals surface area contributed by atoms with Crippen LogP contribution in [0.5, 0.6) is 11.5 Å². The highest BCUT2D eigenvalue weighted by Crippen LogP contribution is 2.26. The normalized spacial score (nSPS) is 15.6. The van der Waals surface area contributed by atoms with Crippen molar-refractivity contribution in [2.45, 2.75) is 4.90 Å². The van der Waals surface area contributed by atoms with Crippen LogP contribution in [0.3, 0.4) is 0 Å². The van der Waals surface area contributed by atoms with Crippen molar-refractivity contribution in [1.82, 2.24) is 9.21 Å². The van der Waals surface area contributed by atoms with E-state index in [0.29, 0.717) is 29.4 Å². The first kappa shape index (κ1) is 21.2. The number of rotatable bonds is 5. The van der Waals surface area contributed by atoms with Crippen LogP contribution in [-0.4, -0.2) is 61.9 Å². The summed E-state index contributed by atoms with van der Waals surface area (Å²) >= 11 is 5.82. The molecule has 1 saturated heterocycles. The average molecular weight is 437 g/mol. The van der Waals surface area contributed by atoms with E-state index in [9.17, 15) is 18.3 Å². The lowest BCUT2D eigenvalue weighted by Crippen LogP contribution is -2.50. The number of sulfonamides is 1. The lowest BCUT2D eigenvalue weighted by molar-refractivity contribution is -0.127. The van der Waals surface area contributed by atoms with Crippen LogP contribution in [0, 0.1) is 0 Å². The minimum atomic E-state index is -3.61. The maximum absolute atomic E-state index is 12.7. The molecule has 0 aliphatic carbocycles. The molecule has 0 atom stereocenters. The first-order valence-corrected chi connectivity index (χ1v) is 10.7.